The van der Waals surface area contributed by atoms with Crippen LogP contribution in [0.4, 0.5) is 0 Å². The van der Waals surface area contributed by atoms with Crippen molar-refractivity contribution < 1.29 is 14.3 Å². The molecule has 1 heterocycles. The summed E-state index contributed by atoms with van der Waals surface area (Å²) < 4.78 is 9.65. The fourth-order valence-electron chi connectivity index (χ4n) is 1.17. The van der Waals surface area contributed by atoms with Gasteiger partial charge in [-0.3, -0.25) is 4.79 Å². The second kappa shape index (κ2) is 5.44. The molecular weight excluding hydrogens is 182 g/mol. The molecule has 0 saturated carbocycles. The number of rotatable bonds is 3. The summed E-state index contributed by atoms with van der Waals surface area (Å²) in [5.41, 5.74) is 7.57. The van der Waals surface area contributed by atoms with Gasteiger partial charge in [0.1, 0.15) is 0 Å². The van der Waals surface area contributed by atoms with Gasteiger partial charge in [0.15, 0.2) is 0 Å². The van der Waals surface area contributed by atoms with Crippen molar-refractivity contribution in [1.29, 1.82) is 0 Å². The summed E-state index contributed by atoms with van der Waals surface area (Å²) in [4.78, 5) is 10.8. The molecule has 0 spiro atoms. The van der Waals surface area contributed by atoms with E-state index in [4.69, 9.17) is 10.5 Å². The Morgan fingerprint density at radius 1 is 1.71 bits per heavy atom. The zero-order valence-electron chi connectivity index (χ0n) is 8.29. The van der Waals surface area contributed by atoms with Gasteiger partial charge in [-0.1, -0.05) is 6.08 Å². The molecule has 0 aliphatic carbocycles. The topological polar surface area (TPSA) is 61.5 Å². The number of allylic oxidation sites excluding steroid dienone is 1. The van der Waals surface area contributed by atoms with Crippen LogP contribution in [0.5, 0.6) is 0 Å². The predicted octanol–water partition coefficient (Wildman–Crippen LogP) is 0.739. The molecule has 0 bridgehead atoms. The molecule has 0 amide bonds. The second-order valence-electron chi connectivity index (χ2n) is 3.04. The van der Waals surface area contributed by atoms with E-state index in [1.54, 1.807) is 12.2 Å². The van der Waals surface area contributed by atoms with E-state index in [-0.39, 0.29) is 12.4 Å². The van der Waals surface area contributed by atoms with Gasteiger partial charge in [0.2, 0.25) is 0 Å². The minimum absolute atomic E-state index is 0.255. The van der Waals surface area contributed by atoms with E-state index >= 15 is 0 Å². The molecule has 1 aliphatic heterocycles. The Balaban J connectivity index is 2.42. The molecule has 1 fully saturated rings. The largest absolute Gasteiger partial charge is 0.469 e. The van der Waals surface area contributed by atoms with E-state index in [0.29, 0.717) is 12.3 Å². The third kappa shape index (κ3) is 3.22. The maximum absolute atomic E-state index is 10.8. The van der Waals surface area contributed by atoms with Gasteiger partial charge in [0.25, 0.3) is 0 Å². The van der Waals surface area contributed by atoms with E-state index in [2.05, 4.69) is 4.74 Å². The number of carbonyl (C=O) groups is 1. The van der Waals surface area contributed by atoms with Crippen LogP contribution in [0.3, 0.4) is 0 Å². The highest BCUT2D eigenvalue weighted by atomic mass is 16.5. The predicted molar refractivity (Wildman–Crippen MR) is 52.4 cm³/mol. The van der Waals surface area contributed by atoms with Crippen molar-refractivity contribution in [2.75, 3.05) is 20.3 Å². The van der Waals surface area contributed by atoms with Gasteiger partial charge in [-0.25, -0.2) is 0 Å². The Bertz CT molecular complexity index is 261. The van der Waals surface area contributed by atoms with Crippen molar-refractivity contribution in [1.82, 2.24) is 0 Å². The summed E-state index contributed by atoms with van der Waals surface area (Å²) in [6.45, 7) is 1.34. The number of hydrogen-bond acceptors (Lipinski definition) is 4. The smallest absolute Gasteiger partial charge is 0.309 e. The van der Waals surface area contributed by atoms with Crippen LogP contribution in [-0.2, 0) is 14.3 Å². The Labute approximate surface area is 83.4 Å². The van der Waals surface area contributed by atoms with E-state index < -0.39 is 0 Å². The zero-order valence-corrected chi connectivity index (χ0v) is 8.29. The van der Waals surface area contributed by atoms with E-state index in [0.717, 1.165) is 18.6 Å². The van der Waals surface area contributed by atoms with Crippen LogP contribution < -0.4 is 5.73 Å². The molecule has 0 unspecified atom stereocenters. The maximum Gasteiger partial charge on any atom is 0.309 e. The third-order valence-corrected chi connectivity index (χ3v) is 2.04. The monoisotopic (exact) mass is 197 g/mol. The number of ether oxygens (including phenoxy) is 2. The summed E-state index contributed by atoms with van der Waals surface area (Å²) in [6, 6.07) is 0. The number of carbonyl (C=O) groups excluding carboxylic acids is 1. The maximum atomic E-state index is 10.8. The molecule has 0 radical (unpaired) electrons. The molecule has 14 heavy (non-hydrogen) atoms. The van der Waals surface area contributed by atoms with Crippen molar-refractivity contribution >= 4 is 5.97 Å². The molecule has 0 aromatic rings. The summed E-state index contributed by atoms with van der Waals surface area (Å²) in [5, 5.41) is 0. The lowest BCUT2D eigenvalue weighted by molar-refractivity contribution is -0.139. The lowest BCUT2D eigenvalue weighted by atomic mass is 10.1. The molecule has 78 valence electrons. The zero-order chi connectivity index (χ0) is 10.4. The van der Waals surface area contributed by atoms with Crippen LogP contribution in [0.2, 0.25) is 0 Å². The molecule has 0 aromatic carbocycles. The van der Waals surface area contributed by atoms with Crippen molar-refractivity contribution in [3.8, 4) is 0 Å². The van der Waals surface area contributed by atoms with Crippen LogP contribution in [0.1, 0.15) is 12.8 Å². The summed E-state index contributed by atoms with van der Waals surface area (Å²) in [5.74, 6) is -0.262. The Morgan fingerprint density at radius 3 is 3.07 bits per heavy atom. The average molecular weight is 197 g/mol. The van der Waals surface area contributed by atoms with Crippen LogP contribution in [0.25, 0.3) is 0 Å². The fourth-order valence-corrected chi connectivity index (χ4v) is 1.17. The molecule has 1 rings (SSSR count). The molecule has 1 aliphatic rings. The first-order valence-corrected chi connectivity index (χ1v) is 4.52. The quantitative estimate of drug-likeness (QED) is 0.678. The van der Waals surface area contributed by atoms with Crippen LogP contribution in [0.15, 0.2) is 23.4 Å². The molecule has 2 N–H and O–H groups in total. The number of nitrogens with two attached hydrogens (primary N) is 1. The highest BCUT2D eigenvalue weighted by molar-refractivity contribution is 5.71. The number of methoxy groups -OCH3 is 1. The normalized spacial score (nSPS) is 20.1. The van der Waals surface area contributed by atoms with E-state index in [1.807, 2.05) is 0 Å². The molecule has 0 atom stereocenters. The van der Waals surface area contributed by atoms with Gasteiger partial charge in [0.05, 0.1) is 26.7 Å². The minimum Gasteiger partial charge on any atom is -0.469 e. The van der Waals surface area contributed by atoms with Gasteiger partial charge >= 0.3 is 5.97 Å². The Kier molecular flexibility index (Phi) is 4.19. The Morgan fingerprint density at radius 2 is 2.50 bits per heavy atom. The van der Waals surface area contributed by atoms with Crippen molar-refractivity contribution in [3.05, 3.63) is 23.4 Å². The first-order valence-electron chi connectivity index (χ1n) is 4.52. The summed E-state index contributed by atoms with van der Waals surface area (Å²) >= 11 is 0. The van der Waals surface area contributed by atoms with Crippen molar-refractivity contribution in [2.45, 2.75) is 12.8 Å². The van der Waals surface area contributed by atoms with Gasteiger partial charge < -0.3 is 15.2 Å². The lowest BCUT2D eigenvalue weighted by Gasteiger charge is -1.98. The molecule has 4 nitrogen and oxygen atoms in total. The van der Waals surface area contributed by atoms with Crippen LogP contribution >= 0.6 is 0 Å². The lowest BCUT2D eigenvalue weighted by Crippen LogP contribution is -2.01. The summed E-state index contributed by atoms with van der Waals surface area (Å²) in [7, 11) is 1.36. The van der Waals surface area contributed by atoms with E-state index in [1.165, 1.54) is 7.11 Å². The highest BCUT2D eigenvalue weighted by Crippen LogP contribution is 2.13. The van der Waals surface area contributed by atoms with Gasteiger partial charge in [0, 0.05) is 5.70 Å². The second-order valence-corrected chi connectivity index (χ2v) is 3.04. The van der Waals surface area contributed by atoms with Crippen molar-refractivity contribution in [2.24, 2.45) is 5.73 Å². The molecule has 1 saturated heterocycles. The highest BCUT2D eigenvalue weighted by Gasteiger charge is 2.08. The fraction of sp³-hybridized carbons (Fsp3) is 0.500. The molecule has 4 heteroatoms. The average Bonchev–Trinajstić information content (AvgIpc) is 2.70. The van der Waals surface area contributed by atoms with Crippen LogP contribution in [-0.4, -0.2) is 26.3 Å². The van der Waals surface area contributed by atoms with E-state index in [9.17, 15) is 4.79 Å². The Hall–Kier alpha value is -1.29. The standard InChI is InChI=1S/C10H15NO3/c1-13-10(12)4-2-3-9(11)8-5-6-14-7-8/h2-3H,4-7,11H2,1H3/b3-2-,9-8+. The van der Waals surface area contributed by atoms with Gasteiger partial charge in [-0.15, -0.1) is 0 Å². The first-order chi connectivity index (χ1) is 6.74. The number of hydrogen-bond donors (Lipinski definition) is 1. The minimum atomic E-state index is -0.262. The molecule has 0 aromatic heterocycles. The SMILES string of the molecule is COC(=O)C/C=C\C(N)=C1\CCOC1. The molecular formula is C10H15NO3. The third-order valence-electron chi connectivity index (χ3n) is 2.04. The van der Waals surface area contributed by atoms with Crippen LogP contribution in [0, 0.1) is 0 Å². The number of esters is 1. The first kappa shape index (κ1) is 10.8. The van der Waals surface area contributed by atoms with Gasteiger partial charge in [-0.2, -0.15) is 0 Å². The summed E-state index contributed by atoms with van der Waals surface area (Å²) in [6.07, 6.45) is 4.58. The van der Waals surface area contributed by atoms with Gasteiger partial charge in [-0.05, 0) is 18.1 Å². The van der Waals surface area contributed by atoms with Crippen molar-refractivity contribution in [3.63, 3.8) is 0 Å².